The van der Waals surface area contributed by atoms with E-state index in [1.54, 1.807) is 6.20 Å². The van der Waals surface area contributed by atoms with Crippen molar-refractivity contribution in [2.24, 2.45) is 5.41 Å². The molecule has 1 unspecified atom stereocenters. The first-order valence-electron chi connectivity index (χ1n) is 12.3. The average Bonchev–Trinajstić information content (AvgIpc) is 3.46. The minimum absolute atomic E-state index is 0.0264. The molecule has 0 aromatic carbocycles. The Labute approximate surface area is 205 Å². The molecule has 1 spiro atoms. The molecule has 3 aliphatic rings. The molecule has 2 N–H and O–H groups in total. The molecule has 0 aliphatic carbocycles. The second-order valence-corrected chi connectivity index (χ2v) is 10.4. The summed E-state index contributed by atoms with van der Waals surface area (Å²) in [6.07, 6.45) is 7.23. The van der Waals surface area contributed by atoms with Gasteiger partial charge in [0.05, 0.1) is 48.4 Å². The SMILES string of the molecule is Cc1nc(N2CCC3(CC2)CO[C@@H](C)C3)c(CO)nc1-c1ccnc(N2CCCC2CO)c1Cl. The van der Waals surface area contributed by atoms with E-state index < -0.39 is 0 Å². The number of hydrogen-bond acceptors (Lipinski definition) is 8. The minimum atomic E-state index is -0.189. The molecule has 0 saturated carbocycles. The van der Waals surface area contributed by atoms with Crippen molar-refractivity contribution < 1.29 is 14.9 Å². The van der Waals surface area contributed by atoms with Crippen LogP contribution >= 0.6 is 11.6 Å². The van der Waals surface area contributed by atoms with Gasteiger partial charge in [-0.15, -0.1) is 0 Å². The normalized spacial score (nSPS) is 24.4. The van der Waals surface area contributed by atoms with Crippen LogP contribution in [0, 0.1) is 12.3 Å². The molecule has 0 bridgehead atoms. The van der Waals surface area contributed by atoms with E-state index in [2.05, 4.69) is 21.7 Å². The van der Waals surface area contributed by atoms with Crippen LogP contribution in [0.25, 0.3) is 11.3 Å². The second kappa shape index (κ2) is 9.57. The van der Waals surface area contributed by atoms with Crippen LogP contribution in [0.5, 0.6) is 0 Å². The van der Waals surface area contributed by atoms with Crippen LogP contribution < -0.4 is 9.80 Å². The van der Waals surface area contributed by atoms with Gasteiger partial charge < -0.3 is 24.7 Å². The number of hydrogen-bond donors (Lipinski definition) is 2. The molecule has 0 amide bonds. The van der Waals surface area contributed by atoms with E-state index >= 15 is 0 Å². The number of aromatic nitrogens is 3. The van der Waals surface area contributed by atoms with Crippen LogP contribution in [0.1, 0.15) is 50.4 Å². The fourth-order valence-corrected chi connectivity index (χ4v) is 6.17. The topological polar surface area (TPSA) is 94.8 Å². The summed E-state index contributed by atoms with van der Waals surface area (Å²) in [6, 6.07) is 1.87. The van der Waals surface area contributed by atoms with Crippen LogP contribution in [0.15, 0.2) is 12.3 Å². The number of pyridine rings is 1. The molecule has 184 valence electrons. The van der Waals surface area contributed by atoms with E-state index in [1.807, 2.05) is 13.0 Å². The molecule has 3 aliphatic heterocycles. The molecule has 2 aromatic rings. The number of piperidine rings is 1. The molecule has 5 heterocycles. The number of halogens is 1. The highest BCUT2D eigenvalue weighted by Crippen LogP contribution is 2.43. The van der Waals surface area contributed by atoms with E-state index in [0.29, 0.717) is 28.3 Å². The summed E-state index contributed by atoms with van der Waals surface area (Å²) in [5.41, 5.74) is 3.02. The average molecular weight is 488 g/mol. The third kappa shape index (κ3) is 4.26. The number of aliphatic hydroxyl groups excluding tert-OH is 2. The summed E-state index contributed by atoms with van der Waals surface area (Å²) in [6.45, 7) is 7.40. The fourth-order valence-electron chi connectivity index (χ4n) is 5.86. The first kappa shape index (κ1) is 23.7. The number of nitrogens with zero attached hydrogens (tertiary/aromatic N) is 5. The van der Waals surface area contributed by atoms with Gasteiger partial charge in [0.2, 0.25) is 0 Å². The molecule has 0 radical (unpaired) electrons. The van der Waals surface area contributed by atoms with Gasteiger partial charge in [0.15, 0.2) is 5.82 Å². The maximum absolute atomic E-state index is 10.2. The van der Waals surface area contributed by atoms with Crippen molar-refractivity contribution in [3.8, 4) is 11.3 Å². The number of anilines is 2. The van der Waals surface area contributed by atoms with Crippen molar-refractivity contribution in [2.45, 2.75) is 64.7 Å². The zero-order valence-corrected chi connectivity index (χ0v) is 20.8. The first-order valence-corrected chi connectivity index (χ1v) is 12.7. The largest absolute Gasteiger partial charge is 0.394 e. The second-order valence-electron chi connectivity index (χ2n) is 10.1. The summed E-state index contributed by atoms with van der Waals surface area (Å²) in [4.78, 5) is 18.6. The number of aliphatic hydroxyl groups is 2. The van der Waals surface area contributed by atoms with Crippen LogP contribution in [0.4, 0.5) is 11.6 Å². The highest BCUT2D eigenvalue weighted by atomic mass is 35.5. The Bertz CT molecular complexity index is 1040. The highest BCUT2D eigenvalue weighted by Gasteiger charge is 2.41. The van der Waals surface area contributed by atoms with Crippen molar-refractivity contribution in [3.05, 3.63) is 28.7 Å². The number of ether oxygens (including phenoxy) is 1. The Hall–Kier alpha value is -2.00. The molecule has 2 atom stereocenters. The van der Waals surface area contributed by atoms with Crippen molar-refractivity contribution in [3.63, 3.8) is 0 Å². The lowest BCUT2D eigenvalue weighted by atomic mass is 9.77. The van der Waals surface area contributed by atoms with Gasteiger partial charge in [0.1, 0.15) is 11.5 Å². The van der Waals surface area contributed by atoms with Gasteiger partial charge in [-0.25, -0.2) is 15.0 Å². The molecule has 5 rings (SSSR count). The maximum atomic E-state index is 10.2. The molecule has 3 fully saturated rings. The Kier molecular flexibility index (Phi) is 6.68. The molecular formula is C25H34ClN5O3. The summed E-state index contributed by atoms with van der Waals surface area (Å²) >= 11 is 6.84. The van der Waals surface area contributed by atoms with Crippen LogP contribution in [-0.2, 0) is 11.3 Å². The van der Waals surface area contributed by atoms with Gasteiger partial charge in [-0.3, -0.25) is 0 Å². The van der Waals surface area contributed by atoms with Gasteiger partial charge in [-0.2, -0.15) is 0 Å². The Morgan fingerprint density at radius 2 is 1.97 bits per heavy atom. The van der Waals surface area contributed by atoms with E-state index in [1.165, 1.54) is 0 Å². The predicted molar refractivity (Wildman–Crippen MR) is 132 cm³/mol. The first-order chi connectivity index (χ1) is 16.4. The van der Waals surface area contributed by atoms with Gasteiger partial charge in [-0.1, -0.05) is 11.6 Å². The van der Waals surface area contributed by atoms with Crippen LogP contribution in [-0.4, -0.2) is 70.2 Å². The predicted octanol–water partition coefficient (Wildman–Crippen LogP) is 3.35. The quantitative estimate of drug-likeness (QED) is 0.663. The zero-order chi connectivity index (χ0) is 23.9. The Morgan fingerprint density at radius 3 is 2.65 bits per heavy atom. The third-order valence-electron chi connectivity index (χ3n) is 7.77. The lowest BCUT2D eigenvalue weighted by Crippen LogP contribution is -2.41. The van der Waals surface area contributed by atoms with Crippen molar-refractivity contribution in [2.75, 3.05) is 42.6 Å². The van der Waals surface area contributed by atoms with Crippen molar-refractivity contribution in [1.82, 2.24) is 15.0 Å². The lowest BCUT2D eigenvalue weighted by molar-refractivity contribution is 0.0975. The van der Waals surface area contributed by atoms with Gasteiger partial charge in [0.25, 0.3) is 0 Å². The smallest absolute Gasteiger partial charge is 0.153 e. The van der Waals surface area contributed by atoms with E-state index in [0.717, 1.165) is 75.4 Å². The van der Waals surface area contributed by atoms with Gasteiger partial charge in [-0.05, 0) is 57.4 Å². The van der Waals surface area contributed by atoms with Crippen molar-refractivity contribution >= 4 is 23.2 Å². The van der Waals surface area contributed by atoms with E-state index in [4.69, 9.17) is 26.3 Å². The molecule has 3 saturated heterocycles. The number of aryl methyl sites for hydroxylation is 1. The summed E-state index contributed by atoms with van der Waals surface area (Å²) < 4.78 is 5.87. The Morgan fingerprint density at radius 1 is 1.18 bits per heavy atom. The van der Waals surface area contributed by atoms with Crippen molar-refractivity contribution in [1.29, 1.82) is 0 Å². The molecule has 9 heteroatoms. The van der Waals surface area contributed by atoms with Gasteiger partial charge >= 0.3 is 0 Å². The van der Waals surface area contributed by atoms with Crippen LogP contribution in [0.3, 0.4) is 0 Å². The monoisotopic (exact) mass is 487 g/mol. The summed E-state index contributed by atoms with van der Waals surface area (Å²) in [5, 5.41) is 20.4. The number of rotatable bonds is 5. The fraction of sp³-hybridized carbons (Fsp3) is 0.640. The Balaban J connectivity index is 1.43. The van der Waals surface area contributed by atoms with E-state index in [-0.39, 0.29) is 24.7 Å². The summed E-state index contributed by atoms with van der Waals surface area (Å²) in [5.74, 6) is 1.43. The van der Waals surface area contributed by atoms with Gasteiger partial charge in [0, 0.05) is 31.4 Å². The molecular weight excluding hydrogens is 454 g/mol. The zero-order valence-electron chi connectivity index (χ0n) is 20.0. The molecule has 8 nitrogen and oxygen atoms in total. The third-order valence-corrected chi connectivity index (χ3v) is 8.15. The highest BCUT2D eigenvalue weighted by molar-refractivity contribution is 6.35. The molecule has 2 aromatic heterocycles. The maximum Gasteiger partial charge on any atom is 0.153 e. The van der Waals surface area contributed by atoms with E-state index in [9.17, 15) is 10.2 Å². The summed E-state index contributed by atoms with van der Waals surface area (Å²) in [7, 11) is 0. The minimum Gasteiger partial charge on any atom is -0.394 e. The lowest BCUT2D eigenvalue weighted by Gasteiger charge is -2.39. The standard InChI is InChI=1S/C25H34ClN5O3/c1-16-12-25(15-34-16)6-10-30(11-7-25)23-20(14-33)29-22(17(2)28-23)19-5-8-27-24(21(19)26)31-9-3-4-18(31)13-32/h5,8,16,18,32-33H,3-4,6-7,9-15H2,1-2H3/t16-,18?/m0/s1. The molecule has 34 heavy (non-hydrogen) atoms. The van der Waals surface area contributed by atoms with Crippen LogP contribution in [0.2, 0.25) is 5.02 Å².